The van der Waals surface area contributed by atoms with Gasteiger partial charge in [-0.25, -0.2) is 4.79 Å². The zero-order valence-electron chi connectivity index (χ0n) is 12.9. The predicted molar refractivity (Wildman–Crippen MR) is 81.1 cm³/mol. The third kappa shape index (κ3) is 3.05. The van der Waals surface area contributed by atoms with Gasteiger partial charge in [-0.05, 0) is 50.9 Å². The number of carbonyl (C=O) groups is 1. The average molecular weight is 292 g/mol. The van der Waals surface area contributed by atoms with Gasteiger partial charge >= 0.3 is 6.03 Å². The number of fused-ring (bicyclic) bond motifs is 2. The lowest BCUT2D eigenvalue weighted by molar-refractivity contribution is 0.0952. The maximum atomic E-state index is 12.8. The second-order valence-corrected chi connectivity index (χ2v) is 7.55. The van der Waals surface area contributed by atoms with E-state index in [4.69, 9.17) is 4.74 Å². The summed E-state index contributed by atoms with van der Waals surface area (Å²) in [5, 5.41) is 3.30. The first-order valence-electron chi connectivity index (χ1n) is 9.02. The Balaban J connectivity index is 1.38. The van der Waals surface area contributed by atoms with Gasteiger partial charge in [-0.15, -0.1) is 0 Å². The average Bonchev–Trinajstić information content (AvgIpc) is 3.10. The van der Waals surface area contributed by atoms with Crippen molar-refractivity contribution in [2.75, 3.05) is 6.54 Å². The maximum Gasteiger partial charge on any atom is 0.317 e. The highest BCUT2D eigenvalue weighted by atomic mass is 16.5. The van der Waals surface area contributed by atoms with E-state index in [0.717, 1.165) is 25.3 Å². The molecule has 0 radical (unpaired) electrons. The second kappa shape index (κ2) is 5.79. The first kappa shape index (κ1) is 13.9. The van der Waals surface area contributed by atoms with Crippen LogP contribution in [0.4, 0.5) is 4.79 Å². The van der Waals surface area contributed by atoms with E-state index in [1.165, 1.54) is 51.4 Å². The highest BCUT2D eigenvalue weighted by Crippen LogP contribution is 2.35. The molecule has 4 fully saturated rings. The Hall–Kier alpha value is -0.770. The Morgan fingerprint density at radius 2 is 1.86 bits per heavy atom. The molecule has 0 aromatic rings. The Labute approximate surface area is 127 Å². The van der Waals surface area contributed by atoms with Crippen molar-refractivity contribution >= 4 is 6.03 Å². The SMILES string of the molecule is O=C(N[C@@H]1C[C@H]2CC[C@H]1O2)N(CC1CC1)C1CCCCC1. The lowest BCUT2D eigenvalue weighted by Crippen LogP contribution is -2.52. The molecule has 4 nitrogen and oxygen atoms in total. The minimum absolute atomic E-state index is 0.190. The molecule has 2 saturated carbocycles. The van der Waals surface area contributed by atoms with E-state index in [1.807, 2.05) is 0 Å². The van der Waals surface area contributed by atoms with Gasteiger partial charge in [-0.3, -0.25) is 0 Å². The Kier molecular flexibility index (Phi) is 3.82. The number of carbonyl (C=O) groups excluding carboxylic acids is 1. The topological polar surface area (TPSA) is 41.6 Å². The third-order valence-electron chi connectivity index (χ3n) is 5.84. The van der Waals surface area contributed by atoms with Crippen LogP contribution in [-0.4, -0.2) is 41.8 Å². The molecule has 4 heteroatoms. The van der Waals surface area contributed by atoms with Crippen molar-refractivity contribution < 1.29 is 9.53 Å². The van der Waals surface area contributed by atoms with Gasteiger partial charge in [0.1, 0.15) is 0 Å². The lowest BCUT2D eigenvalue weighted by atomic mass is 9.93. The van der Waals surface area contributed by atoms with Crippen molar-refractivity contribution in [3.8, 4) is 0 Å². The van der Waals surface area contributed by atoms with Gasteiger partial charge in [0.05, 0.1) is 18.2 Å². The Morgan fingerprint density at radius 1 is 1.05 bits per heavy atom. The normalized spacial score (nSPS) is 35.9. The fraction of sp³-hybridized carbons (Fsp3) is 0.941. The van der Waals surface area contributed by atoms with Gasteiger partial charge in [-0.2, -0.15) is 0 Å². The van der Waals surface area contributed by atoms with Gasteiger partial charge < -0.3 is 15.0 Å². The fourth-order valence-corrected chi connectivity index (χ4v) is 4.40. The molecule has 2 aliphatic heterocycles. The minimum Gasteiger partial charge on any atom is -0.373 e. The molecule has 21 heavy (non-hydrogen) atoms. The molecule has 2 bridgehead atoms. The predicted octanol–water partition coefficient (Wildman–Crippen LogP) is 3.06. The molecular formula is C17H28N2O2. The third-order valence-corrected chi connectivity index (χ3v) is 5.84. The summed E-state index contributed by atoms with van der Waals surface area (Å²) in [4.78, 5) is 15.0. The monoisotopic (exact) mass is 292 g/mol. The summed E-state index contributed by atoms with van der Waals surface area (Å²) in [7, 11) is 0. The summed E-state index contributed by atoms with van der Waals surface area (Å²) < 4.78 is 5.87. The molecule has 2 saturated heterocycles. The molecule has 4 aliphatic rings. The molecule has 0 aromatic heterocycles. The van der Waals surface area contributed by atoms with E-state index in [-0.39, 0.29) is 18.2 Å². The summed E-state index contributed by atoms with van der Waals surface area (Å²) in [6.07, 6.45) is 13.0. The lowest BCUT2D eigenvalue weighted by Gasteiger charge is -2.36. The van der Waals surface area contributed by atoms with E-state index in [1.54, 1.807) is 0 Å². The fourth-order valence-electron chi connectivity index (χ4n) is 4.40. The van der Waals surface area contributed by atoms with Crippen LogP contribution in [0.2, 0.25) is 0 Å². The second-order valence-electron chi connectivity index (χ2n) is 7.55. The zero-order valence-corrected chi connectivity index (χ0v) is 12.9. The summed E-state index contributed by atoms with van der Waals surface area (Å²) in [5.41, 5.74) is 0. The number of rotatable bonds is 4. The van der Waals surface area contributed by atoms with Gasteiger partial charge in [0, 0.05) is 12.6 Å². The maximum absolute atomic E-state index is 12.8. The molecule has 2 amide bonds. The quantitative estimate of drug-likeness (QED) is 0.865. The van der Waals surface area contributed by atoms with Crippen LogP contribution in [0.3, 0.4) is 0 Å². The van der Waals surface area contributed by atoms with Gasteiger partial charge in [-0.1, -0.05) is 19.3 Å². The van der Waals surface area contributed by atoms with E-state index in [2.05, 4.69) is 10.2 Å². The number of nitrogens with zero attached hydrogens (tertiary/aromatic N) is 1. The molecule has 4 rings (SSSR count). The number of hydrogen-bond acceptors (Lipinski definition) is 2. The van der Waals surface area contributed by atoms with Crippen LogP contribution in [0.1, 0.15) is 64.2 Å². The summed E-state index contributed by atoms with van der Waals surface area (Å²) in [6.45, 7) is 0.984. The Morgan fingerprint density at radius 3 is 2.48 bits per heavy atom. The van der Waals surface area contributed by atoms with E-state index < -0.39 is 0 Å². The minimum atomic E-state index is 0.190. The molecule has 0 spiro atoms. The largest absolute Gasteiger partial charge is 0.373 e. The van der Waals surface area contributed by atoms with Crippen molar-refractivity contribution in [1.29, 1.82) is 0 Å². The first-order chi connectivity index (χ1) is 10.3. The Bertz CT molecular complexity index is 390. The summed E-state index contributed by atoms with van der Waals surface area (Å²) >= 11 is 0. The van der Waals surface area contributed by atoms with Crippen LogP contribution in [-0.2, 0) is 4.74 Å². The molecule has 1 N–H and O–H groups in total. The van der Waals surface area contributed by atoms with Crippen LogP contribution < -0.4 is 5.32 Å². The zero-order chi connectivity index (χ0) is 14.2. The molecule has 3 atom stereocenters. The smallest absolute Gasteiger partial charge is 0.317 e. The molecule has 2 heterocycles. The van der Waals surface area contributed by atoms with E-state index in [0.29, 0.717) is 12.1 Å². The van der Waals surface area contributed by atoms with Crippen LogP contribution in [0.25, 0.3) is 0 Å². The standard InChI is InChI=1S/C17H28N2O2/c20-17(18-15-10-14-8-9-16(15)21-14)19(11-12-6-7-12)13-4-2-1-3-5-13/h12-16H,1-11H2,(H,18,20)/t14-,15-,16-/m1/s1. The van der Waals surface area contributed by atoms with Crippen LogP contribution in [0.5, 0.6) is 0 Å². The van der Waals surface area contributed by atoms with Crippen LogP contribution in [0.15, 0.2) is 0 Å². The number of nitrogens with one attached hydrogen (secondary N) is 1. The first-order valence-corrected chi connectivity index (χ1v) is 9.02. The number of urea groups is 1. The highest BCUT2D eigenvalue weighted by molar-refractivity contribution is 5.75. The molecule has 0 unspecified atom stereocenters. The van der Waals surface area contributed by atoms with Crippen molar-refractivity contribution in [1.82, 2.24) is 10.2 Å². The van der Waals surface area contributed by atoms with Crippen molar-refractivity contribution in [2.24, 2.45) is 5.92 Å². The van der Waals surface area contributed by atoms with Gasteiger partial charge in [0.2, 0.25) is 0 Å². The van der Waals surface area contributed by atoms with Crippen LogP contribution in [0, 0.1) is 5.92 Å². The summed E-state index contributed by atoms with van der Waals surface area (Å²) in [5.74, 6) is 0.772. The number of amides is 2. The van der Waals surface area contributed by atoms with Crippen molar-refractivity contribution in [3.05, 3.63) is 0 Å². The molecule has 0 aromatic carbocycles. The van der Waals surface area contributed by atoms with Crippen molar-refractivity contribution in [2.45, 2.75) is 88.5 Å². The van der Waals surface area contributed by atoms with Crippen LogP contribution >= 0.6 is 0 Å². The van der Waals surface area contributed by atoms with E-state index >= 15 is 0 Å². The number of ether oxygens (including phenoxy) is 1. The molecule has 2 aliphatic carbocycles. The van der Waals surface area contributed by atoms with Gasteiger partial charge in [0.25, 0.3) is 0 Å². The van der Waals surface area contributed by atoms with Gasteiger partial charge in [0.15, 0.2) is 0 Å². The number of hydrogen-bond donors (Lipinski definition) is 1. The van der Waals surface area contributed by atoms with Crippen molar-refractivity contribution in [3.63, 3.8) is 0 Å². The summed E-state index contributed by atoms with van der Waals surface area (Å²) in [6, 6.07) is 0.940. The molecule has 118 valence electrons. The van der Waals surface area contributed by atoms with E-state index in [9.17, 15) is 4.79 Å². The molecular weight excluding hydrogens is 264 g/mol. The highest BCUT2D eigenvalue weighted by Gasteiger charge is 2.42.